The first-order chi connectivity index (χ1) is 8.95. The molecule has 104 valence electrons. The Morgan fingerprint density at radius 2 is 2.16 bits per heavy atom. The lowest BCUT2D eigenvalue weighted by molar-refractivity contribution is 0.0697. The van der Waals surface area contributed by atoms with E-state index in [1.807, 2.05) is 0 Å². The molecule has 0 spiro atoms. The van der Waals surface area contributed by atoms with E-state index in [9.17, 15) is 9.90 Å². The first-order valence-electron chi connectivity index (χ1n) is 6.59. The number of pyridine rings is 1. The summed E-state index contributed by atoms with van der Waals surface area (Å²) in [6.07, 6.45) is 5.00. The number of nitrogens with zero attached hydrogens (tertiary/aromatic N) is 2. The average Bonchev–Trinajstić information content (AvgIpc) is 2.40. The van der Waals surface area contributed by atoms with E-state index in [2.05, 4.69) is 39.7 Å². The maximum atomic E-state index is 11.3. The quantitative estimate of drug-likeness (QED) is 0.922. The molecule has 1 saturated heterocycles. The predicted octanol–water partition coefficient (Wildman–Crippen LogP) is 3.56. The van der Waals surface area contributed by atoms with Crippen LogP contribution in [0, 0.1) is 5.41 Å². The van der Waals surface area contributed by atoms with Crippen molar-refractivity contribution in [3.8, 4) is 0 Å². The van der Waals surface area contributed by atoms with Crippen molar-refractivity contribution in [2.24, 2.45) is 5.41 Å². The highest BCUT2D eigenvalue weighted by Crippen LogP contribution is 2.36. The van der Waals surface area contributed by atoms with Crippen molar-refractivity contribution in [2.75, 3.05) is 18.0 Å². The van der Waals surface area contributed by atoms with Crippen LogP contribution in [0.4, 0.5) is 5.82 Å². The molecule has 5 heteroatoms. The van der Waals surface area contributed by atoms with Gasteiger partial charge < -0.3 is 10.0 Å². The lowest BCUT2D eigenvalue weighted by atomic mass is 9.78. The Labute approximate surface area is 122 Å². The van der Waals surface area contributed by atoms with Crippen LogP contribution in [0.5, 0.6) is 0 Å². The second-order valence-electron chi connectivity index (χ2n) is 5.48. The van der Waals surface area contributed by atoms with Crippen molar-refractivity contribution < 1.29 is 9.90 Å². The number of aromatic carboxylic acids is 1. The van der Waals surface area contributed by atoms with Crippen molar-refractivity contribution in [3.63, 3.8) is 0 Å². The van der Waals surface area contributed by atoms with E-state index < -0.39 is 5.97 Å². The molecule has 0 bridgehead atoms. The van der Waals surface area contributed by atoms with Gasteiger partial charge in [-0.15, -0.1) is 0 Å². The third-order valence-corrected chi connectivity index (χ3v) is 4.62. The number of hydrogen-bond acceptors (Lipinski definition) is 3. The standard InChI is InChI=1S/C14H19BrN2O2/c1-3-14(2)4-6-17(7-5-14)12-11(13(18)19)8-10(15)9-16-12/h8-9H,3-7H2,1-2H3,(H,18,19). The Hall–Kier alpha value is -1.10. The molecule has 0 amide bonds. The fourth-order valence-corrected chi connectivity index (χ4v) is 2.78. The maximum absolute atomic E-state index is 11.3. The Bertz CT molecular complexity index is 482. The molecule has 2 heterocycles. The lowest BCUT2D eigenvalue weighted by Gasteiger charge is -2.39. The van der Waals surface area contributed by atoms with Gasteiger partial charge in [-0.25, -0.2) is 9.78 Å². The van der Waals surface area contributed by atoms with E-state index in [1.54, 1.807) is 12.3 Å². The normalized spacial score (nSPS) is 18.4. The monoisotopic (exact) mass is 326 g/mol. The van der Waals surface area contributed by atoms with Crippen LogP contribution in [0.1, 0.15) is 43.5 Å². The molecular formula is C14H19BrN2O2. The minimum atomic E-state index is -0.923. The number of anilines is 1. The highest BCUT2D eigenvalue weighted by molar-refractivity contribution is 9.10. The van der Waals surface area contributed by atoms with Crippen molar-refractivity contribution >= 4 is 27.7 Å². The molecule has 0 unspecified atom stereocenters. The summed E-state index contributed by atoms with van der Waals surface area (Å²) in [5.74, 6) is -0.332. The van der Waals surface area contributed by atoms with Crippen LogP contribution < -0.4 is 4.90 Å². The van der Waals surface area contributed by atoms with Crippen LogP contribution in [0.3, 0.4) is 0 Å². The van der Waals surface area contributed by atoms with Gasteiger partial charge in [-0.05, 0) is 40.3 Å². The van der Waals surface area contributed by atoms with Gasteiger partial charge >= 0.3 is 5.97 Å². The summed E-state index contributed by atoms with van der Waals surface area (Å²) < 4.78 is 0.698. The molecule has 0 aromatic carbocycles. The topological polar surface area (TPSA) is 53.4 Å². The Balaban J connectivity index is 2.22. The first kappa shape index (κ1) is 14.3. The van der Waals surface area contributed by atoms with E-state index in [0.29, 0.717) is 15.7 Å². The second-order valence-corrected chi connectivity index (χ2v) is 6.40. The highest BCUT2D eigenvalue weighted by Gasteiger charge is 2.30. The van der Waals surface area contributed by atoms with E-state index in [4.69, 9.17) is 0 Å². The van der Waals surface area contributed by atoms with Gasteiger partial charge in [0.15, 0.2) is 0 Å². The van der Waals surface area contributed by atoms with Gasteiger partial charge in [0.05, 0.1) is 0 Å². The smallest absolute Gasteiger partial charge is 0.339 e. The molecule has 0 aliphatic carbocycles. The zero-order valence-electron chi connectivity index (χ0n) is 11.3. The molecule has 1 aromatic rings. The van der Waals surface area contributed by atoms with Crippen LogP contribution in [-0.4, -0.2) is 29.1 Å². The molecule has 1 N–H and O–H groups in total. The van der Waals surface area contributed by atoms with Gasteiger partial charge in [0.25, 0.3) is 0 Å². The number of aromatic nitrogens is 1. The minimum Gasteiger partial charge on any atom is -0.478 e. The van der Waals surface area contributed by atoms with Crippen LogP contribution in [-0.2, 0) is 0 Å². The third kappa shape index (κ3) is 3.08. The van der Waals surface area contributed by atoms with Gasteiger partial charge in [0.1, 0.15) is 11.4 Å². The van der Waals surface area contributed by atoms with E-state index >= 15 is 0 Å². The van der Waals surface area contributed by atoms with E-state index in [1.165, 1.54) is 6.42 Å². The van der Waals surface area contributed by atoms with Crippen LogP contribution in [0.25, 0.3) is 0 Å². The Morgan fingerprint density at radius 1 is 1.53 bits per heavy atom. The van der Waals surface area contributed by atoms with Crippen molar-refractivity contribution in [1.82, 2.24) is 4.98 Å². The zero-order chi connectivity index (χ0) is 14.0. The summed E-state index contributed by atoms with van der Waals surface area (Å²) >= 11 is 3.27. The number of carboxylic acid groups (broad SMARTS) is 1. The molecule has 2 rings (SSSR count). The molecule has 0 radical (unpaired) electrons. The summed E-state index contributed by atoms with van der Waals surface area (Å²) in [6.45, 7) is 6.27. The van der Waals surface area contributed by atoms with Gasteiger partial charge in [0, 0.05) is 23.8 Å². The summed E-state index contributed by atoms with van der Waals surface area (Å²) in [4.78, 5) is 17.7. The molecule has 4 nitrogen and oxygen atoms in total. The number of rotatable bonds is 3. The number of carboxylic acids is 1. The summed E-state index contributed by atoms with van der Waals surface area (Å²) in [7, 11) is 0. The fourth-order valence-electron chi connectivity index (χ4n) is 2.45. The van der Waals surface area contributed by atoms with Gasteiger partial charge in [-0.2, -0.15) is 0 Å². The fraction of sp³-hybridized carbons (Fsp3) is 0.571. The van der Waals surface area contributed by atoms with Crippen molar-refractivity contribution in [3.05, 3.63) is 22.3 Å². The van der Waals surface area contributed by atoms with Gasteiger partial charge in [-0.1, -0.05) is 20.3 Å². The van der Waals surface area contributed by atoms with Gasteiger partial charge in [-0.3, -0.25) is 0 Å². The molecule has 1 aliphatic heterocycles. The number of halogens is 1. The predicted molar refractivity (Wildman–Crippen MR) is 78.7 cm³/mol. The summed E-state index contributed by atoms with van der Waals surface area (Å²) in [5, 5.41) is 9.28. The largest absolute Gasteiger partial charge is 0.478 e. The number of carbonyl (C=O) groups is 1. The summed E-state index contributed by atoms with van der Waals surface area (Å²) in [6, 6.07) is 1.62. The third-order valence-electron chi connectivity index (χ3n) is 4.19. The zero-order valence-corrected chi connectivity index (χ0v) is 12.9. The van der Waals surface area contributed by atoms with Crippen molar-refractivity contribution in [2.45, 2.75) is 33.1 Å². The van der Waals surface area contributed by atoms with E-state index in [-0.39, 0.29) is 5.56 Å². The Morgan fingerprint density at radius 3 is 2.68 bits per heavy atom. The van der Waals surface area contributed by atoms with E-state index in [0.717, 1.165) is 25.9 Å². The number of hydrogen-bond donors (Lipinski definition) is 1. The Kier molecular flexibility index (Phi) is 4.13. The minimum absolute atomic E-state index is 0.273. The molecule has 1 aliphatic rings. The highest BCUT2D eigenvalue weighted by atomic mass is 79.9. The first-order valence-corrected chi connectivity index (χ1v) is 7.38. The molecule has 19 heavy (non-hydrogen) atoms. The molecule has 0 atom stereocenters. The SMILES string of the molecule is CCC1(C)CCN(c2ncc(Br)cc2C(=O)O)CC1. The molecular weight excluding hydrogens is 308 g/mol. The van der Waals surface area contributed by atoms with Crippen LogP contribution in [0.2, 0.25) is 0 Å². The van der Waals surface area contributed by atoms with Crippen LogP contribution >= 0.6 is 15.9 Å². The van der Waals surface area contributed by atoms with Crippen LogP contribution in [0.15, 0.2) is 16.7 Å². The van der Waals surface area contributed by atoms with Gasteiger partial charge in [0.2, 0.25) is 0 Å². The second kappa shape index (κ2) is 5.49. The average molecular weight is 327 g/mol. The van der Waals surface area contributed by atoms with Crippen molar-refractivity contribution in [1.29, 1.82) is 0 Å². The molecule has 1 aromatic heterocycles. The molecule has 1 fully saturated rings. The maximum Gasteiger partial charge on any atom is 0.339 e. The number of piperidine rings is 1. The summed E-state index contributed by atoms with van der Waals surface area (Å²) in [5.41, 5.74) is 0.657. The lowest BCUT2D eigenvalue weighted by Crippen LogP contribution is -2.39. The molecule has 0 saturated carbocycles.